The maximum Gasteiger partial charge on any atom is 0.409 e. The van der Waals surface area contributed by atoms with Crippen molar-refractivity contribution in [3.05, 3.63) is 29.1 Å². The lowest BCUT2D eigenvalue weighted by Crippen LogP contribution is -2.34. The standard InChI is InChI=1S/C25H33N3O6/c1-15-20(14-32-25(31)28(3)13-17-6-4-7-17)23(34-27-15)21-10-11-22(16(2)26-21)33-19-9-5-8-18(12-19)24(29)30/h10-11,17-19H,4-9,12-14H2,1-3H3,(H,29,30)/t18-,19-/m0/s1. The molecule has 0 aromatic carbocycles. The molecule has 34 heavy (non-hydrogen) atoms. The number of carboxylic acids is 1. The van der Waals surface area contributed by atoms with E-state index in [1.807, 2.05) is 13.0 Å². The molecule has 2 fully saturated rings. The van der Waals surface area contributed by atoms with E-state index in [9.17, 15) is 14.7 Å². The molecule has 1 N–H and O–H groups in total. The van der Waals surface area contributed by atoms with Crippen LogP contribution in [0.4, 0.5) is 4.79 Å². The van der Waals surface area contributed by atoms with Crippen molar-refractivity contribution in [1.29, 1.82) is 0 Å². The smallest absolute Gasteiger partial charge is 0.409 e. The largest absolute Gasteiger partial charge is 0.489 e. The molecule has 2 aliphatic rings. The molecule has 184 valence electrons. The first kappa shape index (κ1) is 24.0. The van der Waals surface area contributed by atoms with Gasteiger partial charge in [0.2, 0.25) is 0 Å². The molecule has 0 bridgehead atoms. The van der Waals surface area contributed by atoms with Crippen LogP contribution in [0.3, 0.4) is 0 Å². The first-order valence-electron chi connectivity index (χ1n) is 12.0. The van der Waals surface area contributed by atoms with Crippen molar-refractivity contribution in [2.24, 2.45) is 11.8 Å². The number of aromatic nitrogens is 2. The summed E-state index contributed by atoms with van der Waals surface area (Å²) in [6.45, 7) is 4.41. The van der Waals surface area contributed by atoms with Gasteiger partial charge < -0.3 is 24.0 Å². The Morgan fingerprint density at radius 2 is 1.91 bits per heavy atom. The summed E-state index contributed by atoms with van der Waals surface area (Å²) < 4.78 is 17.2. The van der Waals surface area contributed by atoms with E-state index in [0.29, 0.717) is 59.5 Å². The summed E-state index contributed by atoms with van der Waals surface area (Å²) in [5.74, 6) is 0.539. The minimum atomic E-state index is -0.762. The van der Waals surface area contributed by atoms with Gasteiger partial charge in [0, 0.05) is 13.6 Å². The van der Waals surface area contributed by atoms with Crippen molar-refractivity contribution in [2.45, 2.75) is 71.5 Å². The summed E-state index contributed by atoms with van der Waals surface area (Å²) >= 11 is 0. The lowest BCUT2D eigenvalue weighted by atomic mass is 9.85. The number of aryl methyl sites for hydroxylation is 2. The van der Waals surface area contributed by atoms with Gasteiger partial charge in [0.1, 0.15) is 18.1 Å². The average Bonchev–Trinajstić information content (AvgIpc) is 3.16. The number of aliphatic carboxylic acids is 1. The molecule has 9 nitrogen and oxygen atoms in total. The summed E-state index contributed by atoms with van der Waals surface area (Å²) in [7, 11) is 1.76. The van der Waals surface area contributed by atoms with Crippen LogP contribution >= 0.6 is 0 Å². The quantitative estimate of drug-likeness (QED) is 0.587. The zero-order valence-corrected chi connectivity index (χ0v) is 20.1. The summed E-state index contributed by atoms with van der Waals surface area (Å²) in [5, 5.41) is 13.4. The number of hydrogen-bond donors (Lipinski definition) is 1. The van der Waals surface area contributed by atoms with E-state index in [1.165, 1.54) is 6.42 Å². The molecule has 0 spiro atoms. The third-order valence-corrected chi connectivity index (χ3v) is 6.93. The van der Waals surface area contributed by atoms with E-state index in [-0.39, 0.29) is 24.7 Å². The number of carboxylic acid groups (broad SMARTS) is 1. The fourth-order valence-corrected chi connectivity index (χ4v) is 4.60. The van der Waals surface area contributed by atoms with E-state index < -0.39 is 5.97 Å². The summed E-state index contributed by atoms with van der Waals surface area (Å²) in [4.78, 5) is 30.0. The highest BCUT2D eigenvalue weighted by Crippen LogP contribution is 2.32. The van der Waals surface area contributed by atoms with E-state index in [1.54, 1.807) is 24.9 Å². The Balaban J connectivity index is 1.41. The lowest BCUT2D eigenvalue weighted by Gasteiger charge is -2.29. The van der Waals surface area contributed by atoms with Gasteiger partial charge in [0.05, 0.1) is 29.0 Å². The first-order valence-corrected chi connectivity index (χ1v) is 12.0. The third kappa shape index (κ3) is 5.51. The van der Waals surface area contributed by atoms with Crippen LogP contribution in [-0.2, 0) is 16.1 Å². The van der Waals surface area contributed by atoms with E-state index >= 15 is 0 Å². The number of ether oxygens (including phenoxy) is 2. The van der Waals surface area contributed by atoms with Gasteiger partial charge >= 0.3 is 12.1 Å². The molecule has 2 aliphatic carbocycles. The average molecular weight is 472 g/mol. The van der Waals surface area contributed by atoms with Gasteiger partial charge in [-0.2, -0.15) is 0 Å². The lowest BCUT2D eigenvalue weighted by molar-refractivity contribution is -0.143. The fourth-order valence-electron chi connectivity index (χ4n) is 4.60. The van der Waals surface area contributed by atoms with Crippen LogP contribution in [0, 0.1) is 25.7 Å². The Morgan fingerprint density at radius 3 is 2.59 bits per heavy atom. The molecule has 2 aromatic heterocycles. The molecule has 2 heterocycles. The second kappa shape index (κ2) is 10.4. The zero-order valence-electron chi connectivity index (χ0n) is 20.1. The number of carbonyl (C=O) groups excluding carboxylic acids is 1. The molecule has 0 radical (unpaired) electrons. The Morgan fingerprint density at radius 1 is 1.15 bits per heavy atom. The summed E-state index contributed by atoms with van der Waals surface area (Å²) in [5.41, 5.74) is 2.58. The van der Waals surface area contributed by atoms with E-state index in [4.69, 9.17) is 14.0 Å². The van der Waals surface area contributed by atoms with Crippen molar-refractivity contribution < 1.29 is 28.7 Å². The number of carbonyl (C=O) groups is 2. The molecular weight excluding hydrogens is 438 g/mol. The number of amides is 1. The Kier molecular flexibility index (Phi) is 7.38. The number of rotatable bonds is 8. The van der Waals surface area contributed by atoms with Crippen LogP contribution in [0.15, 0.2) is 16.7 Å². The highest BCUT2D eigenvalue weighted by atomic mass is 16.6. The molecule has 0 unspecified atom stereocenters. The Hall–Kier alpha value is -3.10. The van der Waals surface area contributed by atoms with Crippen LogP contribution < -0.4 is 4.74 Å². The molecule has 2 saturated carbocycles. The Labute approximate surface area is 199 Å². The van der Waals surface area contributed by atoms with Crippen LogP contribution in [-0.4, -0.2) is 51.9 Å². The highest BCUT2D eigenvalue weighted by molar-refractivity contribution is 5.70. The second-order valence-corrected chi connectivity index (χ2v) is 9.53. The molecule has 9 heteroatoms. The third-order valence-electron chi connectivity index (χ3n) is 6.93. The van der Waals surface area contributed by atoms with E-state index in [2.05, 4.69) is 10.1 Å². The van der Waals surface area contributed by atoms with Gasteiger partial charge in [-0.25, -0.2) is 9.78 Å². The fraction of sp³-hybridized carbons (Fsp3) is 0.600. The minimum Gasteiger partial charge on any atom is -0.489 e. The molecular formula is C25H33N3O6. The molecule has 0 saturated heterocycles. The second-order valence-electron chi connectivity index (χ2n) is 9.53. The van der Waals surface area contributed by atoms with Gasteiger partial charge in [-0.15, -0.1) is 0 Å². The van der Waals surface area contributed by atoms with Crippen LogP contribution in [0.5, 0.6) is 5.75 Å². The topological polar surface area (TPSA) is 115 Å². The van der Waals surface area contributed by atoms with Gasteiger partial charge in [0.25, 0.3) is 0 Å². The highest BCUT2D eigenvalue weighted by Gasteiger charge is 2.29. The molecule has 2 aromatic rings. The normalized spacial score (nSPS) is 20.4. The van der Waals surface area contributed by atoms with Crippen molar-refractivity contribution in [3.63, 3.8) is 0 Å². The van der Waals surface area contributed by atoms with Crippen molar-refractivity contribution in [2.75, 3.05) is 13.6 Å². The molecule has 2 atom stereocenters. The molecule has 1 amide bonds. The number of hydrogen-bond acceptors (Lipinski definition) is 7. The van der Waals surface area contributed by atoms with Gasteiger partial charge in [-0.05, 0) is 70.4 Å². The number of nitrogens with zero attached hydrogens (tertiary/aromatic N) is 3. The minimum absolute atomic E-state index is 0.0517. The zero-order chi connectivity index (χ0) is 24.2. The van der Waals surface area contributed by atoms with Gasteiger partial charge in [0.15, 0.2) is 5.76 Å². The molecule has 0 aliphatic heterocycles. The number of pyridine rings is 1. The Bertz CT molecular complexity index is 1030. The van der Waals surface area contributed by atoms with Crippen LogP contribution in [0.1, 0.15) is 61.9 Å². The SMILES string of the molecule is Cc1nc(-c2onc(C)c2COC(=O)N(C)CC2CCC2)ccc1O[C@H]1CCC[C@H](C(=O)O)C1. The molecule has 4 rings (SSSR count). The maximum absolute atomic E-state index is 12.4. The van der Waals surface area contributed by atoms with Gasteiger partial charge in [-0.3, -0.25) is 4.79 Å². The first-order chi connectivity index (χ1) is 16.3. The monoisotopic (exact) mass is 471 g/mol. The predicted octanol–water partition coefficient (Wildman–Crippen LogP) is 4.74. The van der Waals surface area contributed by atoms with Crippen molar-refractivity contribution >= 4 is 12.1 Å². The van der Waals surface area contributed by atoms with Crippen molar-refractivity contribution in [3.8, 4) is 17.2 Å². The van der Waals surface area contributed by atoms with Gasteiger partial charge in [-0.1, -0.05) is 11.6 Å². The van der Waals surface area contributed by atoms with Crippen LogP contribution in [0.25, 0.3) is 11.5 Å². The van der Waals surface area contributed by atoms with Crippen molar-refractivity contribution in [1.82, 2.24) is 15.0 Å². The van der Waals surface area contributed by atoms with Crippen LogP contribution in [0.2, 0.25) is 0 Å². The van der Waals surface area contributed by atoms with E-state index in [0.717, 1.165) is 25.7 Å². The summed E-state index contributed by atoms with van der Waals surface area (Å²) in [6.07, 6.45) is 5.92. The maximum atomic E-state index is 12.4. The summed E-state index contributed by atoms with van der Waals surface area (Å²) in [6, 6.07) is 3.61. The predicted molar refractivity (Wildman–Crippen MR) is 123 cm³/mol.